The van der Waals surface area contributed by atoms with Gasteiger partial charge in [0.05, 0.1) is 22.8 Å². The molecule has 33 heavy (non-hydrogen) atoms. The molecule has 168 valence electrons. The van der Waals surface area contributed by atoms with Gasteiger partial charge in [0.25, 0.3) is 0 Å². The van der Waals surface area contributed by atoms with Gasteiger partial charge in [-0.05, 0) is 69.2 Å². The molecular formula is C30H28N2Ni. The number of benzene rings is 4. The van der Waals surface area contributed by atoms with Crippen LogP contribution in [-0.4, -0.2) is 11.4 Å². The van der Waals surface area contributed by atoms with Crippen molar-refractivity contribution in [1.82, 2.24) is 0 Å². The molecule has 0 spiro atoms. The Kier molecular flexibility index (Phi) is 6.12. The van der Waals surface area contributed by atoms with E-state index in [0.717, 1.165) is 22.8 Å². The van der Waals surface area contributed by atoms with Gasteiger partial charge in [-0.15, -0.1) is 0 Å². The summed E-state index contributed by atoms with van der Waals surface area (Å²) >= 11 is 0. The van der Waals surface area contributed by atoms with Crippen LogP contribution in [0.3, 0.4) is 0 Å². The molecule has 1 aliphatic carbocycles. The van der Waals surface area contributed by atoms with Gasteiger partial charge in [-0.25, -0.2) is 9.98 Å². The standard InChI is InChI=1S/C30H28N2.Ni/c1-17-13-19(3)27(20(4)14-17)31-29-24-11-7-9-23-10-8-12-25(26(23)24)30(29)32-28-21(5)15-18(2)16-22(28)6;/h7-16H,1-6H3;. The maximum Gasteiger partial charge on any atom is 0.0979 e. The molecule has 5 rings (SSSR count). The van der Waals surface area contributed by atoms with Crippen LogP contribution in [0.2, 0.25) is 0 Å². The van der Waals surface area contributed by atoms with Gasteiger partial charge in [0.15, 0.2) is 0 Å². The van der Waals surface area contributed by atoms with Crippen LogP contribution in [-0.2, 0) is 16.5 Å². The van der Waals surface area contributed by atoms with Crippen molar-refractivity contribution in [3.63, 3.8) is 0 Å². The van der Waals surface area contributed by atoms with Crippen LogP contribution in [0.25, 0.3) is 10.8 Å². The Morgan fingerprint density at radius 3 is 1.24 bits per heavy atom. The fraction of sp³-hybridized carbons (Fsp3) is 0.200. The fourth-order valence-electron chi connectivity index (χ4n) is 5.14. The van der Waals surface area contributed by atoms with E-state index in [-0.39, 0.29) is 16.5 Å². The van der Waals surface area contributed by atoms with Gasteiger partial charge < -0.3 is 0 Å². The molecule has 0 amide bonds. The maximum atomic E-state index is 5.28. The second kappa shape index (κ2) is 8.73. The van der Waals surface area contributed by atoms with Crippen molar-refractivity contribution in [2.75, 3.05) is 0 Å². The second-order valence-electron chi connectivity index (χ2n) is 9.12. The average Bonchev–Trinajstić information content (AvgIpc) is 3.02. The first kappa shape index (κ1) is 23.1. The Morgan fingerprint density at radius 1 is 0.515 bits per heavy atom. The zero-order valence-corrected chi connectivity index (χ0v) is 21.0. The summed E-state index contributed by atoms with van der Waals surface area (Å²) in [4.78, 5) is 10.6. The fourth-order valence-corrected chi connectivity index (χ4v) is 5.14. The van der Waals surface area contributed by atoms with Crippen molar-refractivity contribution in [1.29, 1.82) is 0 Å². The summed E-state index contributed by atoms with van der Waals surface area (Å²) in [5.74, 6) is 0. The van der Waals surface area contributed by atoms with E-state index in [9.17, 15) is 0 Å². The van der Waals surface area contributed by atoms with E-state index < -0.39 is 0 Å². The topological polar surface area (TPSA) is 24.7 Å². The van der Waals surface area contributed by atoms with Crippen LogP contribution in [0.4, 0.5) is 11.4 Å². The molecular weight excluding hydrogens is 447 g/mol. The molecule has 1 aliphatic rings. The molecule has 0 bridgehead atoms. The molecule has 0 fully saturated rings. The van der Waals surface area contributed by atoms with Gasteiger partial charge in [-0.2, -0.15) is 0 Å². The Morgan fingerprint density at radius 2 is 0.879 bits per heavy atom. The summed E-state index contributed by atoms with van der Waals surface area (Å²) in [5, 5.41) is 2.48. The number of aliphatic imine (C=N–C) groups is 2. The monoisotopic (exact) mass is 474 g/mol. The van der Waals surface area contributed by atoms with Crippen molar-refractivity contribution >= 4 is 33.6 Å². The van der Waals surface area contributed by atoms with E-state index in [0.29, 0.717) is 0 Å². The predicted molar refractivity (Wildman–Crippen MR) is 138 cm³/mol. The summed E-state index contributed by atoms with van der Waals surface area (Å²) in [5.41, 5.74) is 13.7. The SMILES string of the molecule is Cc1cc(C)c(N=C2C(=Nc3c(C)cc(C)cc3C)c3cccc4cccc2c34)c(C)c1.[Ni]. The molecule has 0 saturated carbocycles. The van der Waals surface area contributed by atoms with E-state index in [1.54, 1.807) is 0 Å². The quantitative estimate of drug-likeness (QED) is 0.263. The van der Waals surface area contributed by atoms with E-state index in [4.69, 9.17) is 9.98 Å². The summed E-state index contributed by atoms with van der Waals surface area (Å²) in [6, 6.07) is 21.8. The third kappa shape index (κ3) is 3.96. The second-order valence-corrected chi connectivity index (χ2v) is 9.12. The van der Waals surface area contributed by atoms with Crippen molar-refractivity contribution in [3.8, 4) is 0 Å². The van der Waals surface area contributed by atoms with Crippen LogP contribution >= 0.6 is 0 Å². The van der Waals surface area contributed by atoms with Crippen LogP contribution in [0, 0.1) is 41.5 Å². The molecule has 4 aromatic rings. The molecule has 0 atom stereocenters. The van der Waals surface area contributed by atoms with Gasteiger partial charge in [0.1, 0.15) is 0 Å². The first-order valence-corrected chi connectivity index (χ1v) is 11.2. The Labute approximate surface area is 206 Å². The maximum absolute atomic E-state index is 5.28. The molecule has 0 aliphatic heterocycles. The molecule has 0 radical (unpaired) electrons. The third-order valence-corrected chi connectivity index (χ3v) is 6.36. The van der Waals surface area contributed by atoms with Crippen LogP contribution < -0.4 is 0 Å². The van der Waals surface area contributed by atoms with Gasteiger partial charge in [0, 0.05) is 33.0 Å². The Balaban J connectivity index is 0.00000259. The number of hydrogen-bond acceptors (Lipinski definition) is 2. The van der Waals surface area contributed by atoms with Crippen LogP contribution in [0.5, 0.6) is 0 Å². The number of rotatable bonds is 2. The van der Waals surface area contributed by atoms with Crippen molar-refractivity contribution in [3.05, 3.63) is 105 Å². The zero-order chi connectivity index (χ0) is 22.6. The zero-order valence-electron chi connectivity index (χ0n) is 20.0. The Bertz CT molecular complexity index is 1320. The Hall–Kier alpha value is -3.03. The molecule has 0 unspecified atom stereocenters. The van der Waals surface area contributed by atoms with E-state index in [2.05, 4.69) is 102 Å². The molecule has 0 N–H and O–H groups in total. The third-order valence-electron chi connectivity index (χ3n) is 6.36. The van der Waals surface area contributed by atoms with E-state index >= 15 is 0 Å². The summed E-state index contributed by atoms with van der Waals surface area (Å²) in [6.07, 6.45) is 0. The molecule has 4 aromatic carbocycles. The van der Waals surface area contributed by atoms with E-state index in [1.165, 1.54) is 55.3 Å². The summed E-state index contributed by atoms with van der Waals surface area (Å²) < 4.78 is 0. The molecule has 2 nitrogen and oxygen atoms in total. The van der Waals surface area contributed by atoms with Crippen LogP contribution in [0.15, 0.2) is 70.6 Å². The van der Waals surface area contributed by atoms with Crippen molar-refractivity contribution < 1.29 is 16.5 Å². The minimum Gasteiger partial charge on any atom is -0.246 e. The van der Waals surface area contributed by atoms with Crippen molar-refractivity contribution in [2.24, 2.45) is 9.98 Å². The molecule has 0 heterocycles. The van der Waals surface area contributed by atoms with Gasteiger partial charge in [-0.1, -0.05) is 71.8 Å². The smallest absolute Gasteiger partial charge is 0.0979 e. The van der Waals surface area contributed by atoms with Crippen molar-refractivity contribution in [2.45, 2.75) is 41.5 Å². The largest absolute Gasteiger partial charge is 0.246 e. The molecule has 3 heteroatoms. The minimum atomic E-state index is 0. The number of aryl methyl sites for hydroxylation is 6. The predicted octanol–water partition coefficient (Wildman–Crippen LogP) is 7.94. The molecule has 0 saturated heterocycles. The first-order chi connectivity index (χ1) is 15.3. The van der Waals surface area contributed by atoms with Gasteiger partial charge in [-0.3, -0.25) is 0 Å². The normalized spacial score (nSPS) is 14.8. The van der Waals surface area contributed by atoms with Gasteiger partial charge >= 0.3 is 0 Å². The molecule has 0 aromatic heterocycles. The summed E-state index contributed by atoms with van der Waals surface area (Å²) in [6.45, 7) is 12.9. The number of nitrogens with zero attached hydrogens (tertiary/aromatic N) is 2. The first-order valence-electron chi connectivity index (χ1n) is 11.2. The number of hydrogen-bond donors (Lipinski definition) is 0. The van der Waals surface area contributed by atoms with E-state index in [1.807, 2.05) is 0 Å². The summed E-state index contributed by atoms with van der Waals surface area (Å²) in [7, 11) is 0. The minimum absolute atomic E-state index is 0. The average molecular weight is 475 g/mol. The van der Waals surface area contributed by atoms with Crippen LogP contribution in [0.1, 0.15) is 44.5 Å². The van der Waals surface area contributed by atoms with Gasteiger partial charge in [0.2, 0.25) is 0 Å².